The molecule has 1 heterocycles. The number of hydrogen-bond donors (Lipinski definition) is 2. The second kappa shape index (κ2) is 10.0. The van der Waals surface area contributed by atoms with Crippen LogP contribution in [-0.4, -0.2) is 55.6 Å². The molecule has 2 amide bonds. The van der Waals surface area contributed by atoms with Gasteiger partial charge in [0.15, 0.2) is 0 Å². The van der Waals surface area contributed by atoms with Crippen molar-refractivity contribution in [2.45, 2.75) is 12.6 Å². The monoisotopic (exact) mass is 448 g/mol. The Bertz CT molecular complexity index is 761. The summed E-state index contributed by atoms with van der Waals surface area (Å²) in [7, 11) is 2.13. The SMILES string of the molecule is CN1CCN(CC(NC(=O)NCc2cc(F)cc(Br)c2)c2ccccc2)CC1. The standard InChI is InChI=1S/C21H26BrFN4O/c1-26-7-9-27(10-8-26)15-20(17-5-3-2-4-6-17)25-21(28)24-14-16-11-18(22)13-19(23)12-16/h2-6,11-13,20H,7-10,14-15H2,1H3,(H2,24,25,28). The number of carbonyl (C=O) groups is 1. The molecule has 1 atom stereocenters. The maximum Gasteiger partial charge on any atom is 0.315 e. The van der Waals surface area contributed by atoms with Crippen molar-refractivity contribution in [2.75, 3.05) is 39.8 Å². The smallest absolute Gasteiger partial charge is 0.315 e. The number of rotatable bonds is 6. The predicted octanol–water partition coefficient (Wildman–Crippen LogP) is 3.38. The van der Waals surface area contributed by atoms with Gasteiger partial charge in [-0.05, 0) is 36.4 Å². The molecule has 28 heavy (non-hydrogen) atoms. The summed E-state index contributed by atoms with van der Waals surface area (Å²) in [5.74, 6) is -0.330. The Hall–Kier alpha value is -1.96. The molecule has 5 nitrogen and oxygen atoms in total. The topological polar surface area (TPSA) is 47.6 Å². The van der Waals surface area contributed by atoms with Gasteiger partial charge in [-0.3, -0.25) is 4.90 Å². The first-order chi connectivity index (χ1) is 13.5. The Balaban J connectivity index is 1.60. The third kappa shape index (κ3) is 6.29. The lowest BCUT2D eigenvalue weighted by Gasteiger charge is -2.35. The van der Waals surface area contributed by atoms with Crippen molar-refractivity contribution in [1.82, 2.24) is 20.4 Å². The summed E-state index contributed by atoms with van der Waals surface area (Å²) >= 11 is 3.27. The molecule has 0 saturated carbocycles. The minimum atomic E-state index is -0.330. The van der Waals surface area contributed by atoms with Crippen LogP contribution in [0.15, 0.2) is 53.0 Å². The molecule has 1 unspecified atom stereocenters. The molecule has 1 aliphatic heterocycles. The number of halogens is 2. The number of likely N-dealkylation sites (N-methyl/N-ethyl adjacent to an activating group) is 1. The zero-order valence-corrected chi connectivity index (χ0v) is 17.6. The first-order valence-electron chi connectivity index (χ1n) is 9.45. The van der Waals surface area contributed by atoms with Gasteiger partial charge in [0.1, 0.15) is 5.82 Å². The van der Waals surface area contributed by atoms with Crippen LogP contribution in [0.25, 0.3) is 0 Å². The van der Waals surface area contributed by atoms with Gasteiger partial charge in [0, 0.05) is 43.7 Å². The van der Waals surface area contributed by atoms with Crippen molar-refractivity contribution in [3.05, 3.63) is 69.9 Å². The number of nitrogens with zero attached hydrogens (tertiary/aromatic N) is 2. The second-order valence-corrected chi connectivity index (χ2v) is 8.09. The predicted molar refractivity (Wildman–Crippen MR) is 113 cm³/mol. The summed E-state index contributed by atoms with van der Waals surface area (Å²) in [6.45, 7) is 5.06. The summed E-state index contributed by atoms with van der Waals surface area (Å²) in [5.41, 5.74) is 1.78. The van der Waals surface area contributed by atoms with Crippen molar-refractivity contribution in [3.63, 3.8) is 0 Å². The van der Waals surface area contributed by atoms with E-state index in [-0.39, 0.29) is 24.4 Å². The Kier molecular flexibility index (Phi) is 7.42. The molecular weight excluding hydrogens is 423 g/mol. The first kappa shape index (κ1) is 20.8. The van der Waals surface area contributed by atoms with Gasteiger partial charge in [-0.1, -0.05) is 46.3 Å². The molecule has 0 bridgehead atoms. The molecule has 150 valence electrons. The lowest BCUT2D eigenvalue weighted by Crippen LogP contribution is -2.48. The fourth-order valence-corrected chi connectivity index (χ4v) is 3.83. The van der Waals surface area contributed by atoms with Gasteiger partial charge in [-0.25, -0.2) is 9.18 Å². The van der Waals surface area contributed by atoms with E-state index in [2.05, 4.69) is 43.4 Å². The highest BCUT2D eigenvalue weighted by Crippen LogP contribution is 2.16. The highest BCUT2D eigenvalue weighted by Gasteiger charge is 2.21. The van der Waals surface area contributed by atoms with Crippen LogP contribution in [0.3, 0.4) is 0 Å². The van der Waals surface area contributed by atoms with Crippen molar-refractivity contribution >= 4 is 22.0 Å². The summed E-state index contributed by atoms with van der Waals surface area (Å²) in [4.78, 5) is 17.2. The molecule has 0 aromatic heterocycles. The molecule has 7 heteroatoms. The highest BCUT2D eigenvalue weighted by atomic mass is 79.9. The van der Waals surface area contributed by atoms with Crippen molar-refractivity contribution in [1.29, 1.82) is 0 Å². The van der Waals surface area contributed by atoms with Crippen LogP contribution in [0.5, 0.6) is 0 Å². The van der Waals surface area contributed by atoms with Crippen LogP contribution < -0.4 is 10.6 Å². The maximum atomic E-state index is 13.5. The number of carbonyl (C=O) groups excluding carboxylic acids is 1. The molecular formula is C21H26BrFN4O. The van der Waals surface area contributed by atoms with E-state index in [0.29, 0.717) is 10.0 Å². The molecule has 2 N–H and O–H groups in total. The zero-order valence-electron chi connectivity index (χ0n) is 16.0. The molecule has 0 spiro atoms. The fraction of sp³-hybridized carbons (Fsp3) is 0.381. The normalized spacial score (nSPS) is 16.5. The zero-order chi connectivity index (χ0) is 19.9. The summed E-state index contributed by atoms with van der Waals surface area (Å²) in [6, 6.07) is 14.2. The minimum Gasteiger partial charge on any atom is -0.334 e. The number of hydrogen-bond acceptors (Lipinski definition) is 3. The summed E-state index contributed by atoms with van der Waals surface area (Å²) < 4.78 is 14.2. The van der Waals surface area contributed by atoms with E-state index in [1.807, 2.05) is 30.3 Å². The molecule has 2 aromatic carbocycles. The average molecular weight is 449 g/mol. The first-order valence-corrected chi connectivity index (χ1v) is 10.2. The van der Waals surface area contributed by atoms with E-state index in [1.165, 1.54) is 12.1 Å². The van der Waals surface area contributed by atoms with Crippen molar-refractivity contribution < 1.29 is 9.18 Å². The van der Waals surface area contributed by atoms with Gasteiger partial charge in [-0.2, -0.15) is 0 Å². The number of nitrogens with one attached hydrogen (secondary N) is 2. The third-order valence-electron chi connectivity index (χ3n) is 4.92. The Labute approximate surface area is 174 Å². The summed E-state index contributed by atoms with van der Waals surface area (Å²) in [6.07, 6.45) is 0. The average Bonchev–Trinajstić information content (AvgIpc) is 2.67. The van der Waals surface area contributed by atoms with Crippen LogP contribution in [0, 0.1) is 5.82 Å². The van der Waals surface area contributed by atoms with Crippen molar-refractivity contribution in [3.8, 4) is 0 Å². The van der Waals surface area contributed by atoms with E-state index < -0.39 is 0 Å². The van der Waals surface area contributed by atoms with Crippen LogP contribution in [0.2, 0.25) is 0 Å². The van der Waals surface area contributed by atoms with E-state index >= 15 is 0 Å². The molecule has 2 aromatic rings. The van der Waals surface area contributed by atoms with Crippen LogP contribution in [0.4, 0.5) is 9.18 Å². The molecule has 0 aliphatic carbocycles. The Morgan fingerprint density at radius 3 is 2.54 bits per heavy atom. The van der Waals surface area contributed by atoms with Crippen LogP contribution in [-0.2, 0) is 6.54 Å². The molecule has 1 aliphatic rings. The summed E-state index contributed by atoms with van der Waals surface area (Å²) in [5, 5.41) is 5.91. The Morgan fingerprint density at radius 1 is 1.14 bits per heavy atom. The van der Waals surface area contributed by atoms with Crippen LogP contribution in [0.1, 0.15) is 17.2 Å². The number of benzene rings is 2. The van der Waals surface area contributed by atoms with Crippen LogP contribution >= 0.6 is 15.9 Å². The van der Waals surface area contributed by atoms with E-state index in [4.69, 9.17) is 0 Å². The number of amides is 2. The van der Waals surface area contributed by atoms with E-state index in [9.17, 15) is 9.18 Å². The minimum absolute atomic E-state index is 0.108. The van der Waals surface area contributed by atoms with Crippen molar-refractivity contribution in [2.24, 2.45) is 0 Å². The van der Waals surface area contributed by atoms with Gasteiger partial charge in [0.2, 0.25) is 0 Å². The fourth-order valence-electron chi connectivity index (χ4n) is 3.31. The largest absolute Gasteiger partial charge is 0.334 e. The highest BCUT2D eigenvalue weighted by molar-refractivity contribution is 9.10. The molecule has 1 saturated heterocycles. The second-order valence-electron chi connectivity index (χ2n) is 7.17. The lowest BCUT2D eigenvalue weighted by atomic mass is 10.1. The third-order valence-corrected chi connectivity index (χ3v) is 5.38. The number of urea groups is 1. The number of piperazine rings is 1. The maximum absolute atomic E-state index is 13.5. The van der Waals surface area contributed by atoms with Gasteiger partial charge in [0.05, 0.1) is 6.04 Å². The molecule has 3 rings (SSSR count). The van der Waals surface area contributed by atoms with Gasteiger partial charge >= 0.3 is 6.03 Å². The van der Waals surface area contributed by atoms with E-state index in [1.54, 1.807) is 6.07 Å². The van der Waals surface area contributed by atoms with E-state index in [0.717, 1.165) is 38.3 Å². The van der Waals surface area contributed by atoms with Gasteiger partial charge in [0.25, 0.3) is 0 Å². The lowest BCUT2D eigenvalue weighted by molar-refractivity contribution is 0.142. The molecule has 1 fully saturated rings. The van der Waals surface area contributed by atoms with Gasteiger partial charge < -0.3 is 15.5 Å². The quantitative estimate of drug-likeness (QED) is 0.711. The van der Waals surface area contributed by atoms with Gasteiger partial charge in [-0.15, -0.1) is 0 Å². The molecule has 0 radical (unpaired) electrons. The Morgan fingerprint density at radius 2 is 1.86 bits per heavy atom.